The number of hydrogen-bond donors (Lipinski definition) is 3. The molecular formula is C19H20NO4+. The molecule has 5 heteroatoms. The Hall–Kier alpha value is -2.66. The van der Waals surface area contributed by atoms with Crippen molar-refractivity contribution in [3.8, 4) is 23.0 Å². The fraction of sp³-hybridized carbons (Fsp3) is 0.263. The van der Waals surface area contributed by atoms with E-state index in [9.17, 15) is 15.3 Å². The first-order valence-corrected chi connectivity index (χ1v) is 7.88. The molecule has 3 aromatic carbocycles. The third-order valence-corrected chi connectivity index (χ3v) is 5.12. The Kier molecular flexibility index (Phi) is 2.90. The maximum atomic E-state index is 10.8. The van der Waals surface area contributed by atoms with Crippen molar-refractivity contribution in [2.45, 2.75) is 6.42 Å². The molecule has 1 aliphatic rings. The van der Waals surface area contributed by atoms with Gasteiger partial charge in [-0.1, -0.05) is 0 Å². The van der Waals surface area contributed by atoms with Crippen LogP contribution in [0.15, 0.2) is 24.3 Å². The fourth-order valence-corrected chi connectivity index (χ4v) is 3.75. The maximum absolute atomic E-state index is 10.8. The SMILES string of the molecule is COc1cc2c3c(cc4cc(O)c(O)cc4c3c1O)[N+](C)(C)CC2. The van der Waals surface area contributed by atoms with Crippen LogP contribution in [-0.4, -0.2) is 43.1 Å². The minimum atomic E-state index is -0.203. The number of quaternary nitrogens is 1. The number of phenols is 3. The van der Waals surface area contributed by atoms with Crippen LogP contribution in [0, 0.1) is 0 Å². The Bertz CT molecular complexity index is 1010. The molecule has 1 aliphatic heterocycles. The van der Waals surface area contributed by atoms with E-state index in [4.69, 9.17) is 4.74 Å². The van der Waals surface area contributed by atoms with Crippen molar-refractivity contribution in [1.29, 1.82) is 0 Å². The molecule has 24 heavy (non-hydrogen) atoms. The molecule has 1 heterocycles. The Balaban J connectivity index is 2.31. The summed E-state index contributed by atoms with van der Waals surface area (Å²) in [6.07, 6.45) is 0.878. The molecular weight excluding hydrogens is 306 g/mol. The van der Waals surface area contributed by atoms with Gasteiger partial charge in [0.2, 0.25) is 0 Å². The van der Waals surface area contributed by atoms with Gasteiger partial charge >= 0.3 is 0 Å². The van der Waals surface area contributed by atoms with Crippen LogP contribution in [0.3, 0.4) is 0 Å². The molecule has 0 fully saturated rings. The standard InChI is InChI=1S/C19H19NO4/c1-20(2)5-4-10-8-16(24-3)19(23)18-12-9-15(22)14(21)7-11(12)6-13(20)17(10)18/h6-9H,4-5H2,1-3H3,(H2-,21,22,23)/p+1. The van der Waals surface area contributed by atoms with Gasteiger partial charge in [-0.2, -0.15) is 0 Å². The van der Waals surface area contributed by atoms with E-state index in [-0.39, 0.29) is 17.2 Å². The van der Waals surface area contributed by atoms with E-state index in [2.05, 4.69) is 14.1 Å². The summed E-state index contributed by atoms with van der Waals surface area (Å²) in [6, 6.07) is 6.97. The van der Waals surface area contributed by atoms with Crippen molar-refractivity contribution < 1.29 is 20.1 Å². The lowest BCUT2D eigenvalue weighted by Crippen LogP contribution is -2.44. The number of nitrogens with zero attached hydrogens (tertiary/aromatic N) is 1. The van der Waals surface area contributed by atoms with Crippen molar-refractivity contribution in [2.24, 2.45) is 0 Å². The lowest BCUT2D eigenvalue weighted by atomic mass is 9.90. The van der Waals surface area contributed by atoms with Crippen LogP contribution in [0.5, 0.6) is 23.0 Å². The Morgan fingerprint density at radius 3 is 2.38 bits per heavy atom. The quantitative estimate of drug-likeness (QED) is 0.365. The molecule has 0 bridgehead atoms. The van der Waals surface area contributed by atoms with Crippen LogP contribution in [0.1, 0.15) is 5.56 Å². The molecule has 3 N–H and O–H groups in total. The minimum Gasteiger partial charge on any atom is -0.504 e. The Morgan fingerprint density at radius 1 is 0.958 bits per heavy atom. The zero-order chi connectivity index (χ0) is 17.2. The van der Waals surface area contributed by atoms with Crippen LogP contribution >= 0.6 is 0 Å². The number of aromatic hydroxyl groups is 3. The molecule has 3 aromatic rings. The molecule has 0 atom stereocenters. The number of ether oxygens (including phenoxy) is 1. The van der Waals surface area contributed by atoms with E-state index in [1.165, 1.54) is 19.2 Å². The van der Waals surface area contributed by atoms with Crippen molar-refractivity contribution in [1.82, 2.24) is 4.48 Å². The summed E-state index contributed by atoms with van der Waals surface area (Å²) >= 11 is 0. The summed E-state index contributed by atoms with van der Waals surface area (Å²) in [5.41, 5.74) is 2.21. The van der Waals surface area contributed by atoms with Crippen LogP contribution in [0.25, 0.3) is 21.5 Å². The third-order valence-electron chi connectivity index (χ3n) is 5.12. The van der Waals surface area contributed by atoms with Gasteiger partial charge in [-0.15, -0.1) is 0 Å². The maximum Gasteiger partial charge on any atom is 0.166 e. The van der Waals surface area contributed by atoms with Gasteiger partial charge in [-0.3, -0.25) is 4.48 Å². The topological polar surface area (TPSA) is 69.9 Å². The largest absolute Gasteiger partial charge is 0.504 e. The van der Waals surface area contributed by atoms with Crippen molar-refractivity contribution >= 4 is 27.2 Å². The summed E-state index contributed by atoms with van der Waals surface area (Å²) in [5.74, 6) is 0.120. The highest BCUT2D eigenvalue weighted by molar-refractivity contribution is 6.18. The van der Waals surface area contributed by atoms with Gasteiger partial charge in [-0.05, 0) is 34.5 Å². The molecule has 124 valence electrons. The van der Waals surface area contributed by atoms with Crippen LogP contribution in [0.4, 0.5) is 5.69 Å². The second kappa shape index (κ2) is 4.68. The molecule has 0 aliphatic carbocycles. The Labute approximate surface area is 139 Å². The van der Waals surface area contributed by atoms with Crippen molar-refractivity contribution in [3.63, 3.8) is 0 Å². The fourth-order valence-electron chi connectivity index (χ4n) is 3.75. The monoisotopic (exact) mass is 326 g/mol. The Morgan fingerprint density at radius 2 is 1.67 bits per heavy atom. The first-order chi connectivity index (χ1) is 11.3. The summed E-state index contributed by atoms with van der Waals surface area (Å²) < 4.78 is 6.03. The highest BCUT2D eigenvalue weighted by Crippen LogP contribution is 2.49. The van der Waals surface area contributed by atoms with E-state index >= 15 is 0 Å². The molecule has 0 spiro atoms. The lowest BCUT2D eigenvalue weighted by Gasteiger charge is -2.35. The van der Waals surface area contributed by atoms with E-state index in [0.717, 1.165) is 35.0 Å². The molecule has 0 unspecified atom stereocenters. The van der Waals surface area contributed by atoms with Crippen LogP contribution in [-0.2, 0) is 6.42 Å². The predicted octanol–water partition coefficient (Wildman–Crippen LogP) is 3.24. The summed E-state index contributed by atoms with van der Waals surface area (Å²) in [7, 11) is 5.79. The van der Waals surface area contributed by atoms with Gasteiger partial charge in [0.05, 0.1) is 33.1 Å². The van der Waals surface area contributed by atoms with E-state index in [1.54, 1.807) is 0 Å². The number of likely N-dealkylation sites (N-methyl/N-ethyl adjacent to an activating group) is 1. The molecule has 0 aromatic heterocycles. The smallest absolute Gasteiger partial charge is 0.166 e. The zero-order valence-electron chi connectivity index (χ0n) is 13.9. The van der Waals surface area contributed by atoms with Gasteiger partial charge in [0.25, 0.3) is 0 Å². The molecule has 0 radical (unpaired) electrons. The number of phenolic OH excluding ortho intramolecular Hbond substituents is 3. The summed E-state index contributed by atoms with van der Waals surface area (Å²) in [6.45, 7) is 0.936. The minimum absolute atomic E-state index is 0.0649. The number of rotatable bonds is 1. The average Bonchev–Trinajstić information content (AvgIpc) is 2.53. The van der Waals surface area contributed by atoms with Gasteiger partial charge in [0.1, 0.15) is 5.69 Å². The second-order valence-corrected chi connectivity index (χ2v) is 6.95. The van der Waals surface area contributed by atoms with Crippen LogP contribution < -0.4 is 9.22 Å². The highest BCUT2D eigenvalue weighted by Gasteiger charge is 2.32. The number of hydrogen-bond acceptors (Lipinski definition) is 4. The molecule has 5 nitrogen and oxygen atoms in total. The van der Waals surface area contributed by atoms with E-state index in [1.807, 2.05) is 12.1 Å². The second-order valence-electron chi connectivity index (χ2n) is 6.95. The van der Waals surface area contributed by atoms with Gasteiger partial charge < -0.3 is 20.1 Å². The van der Waals surface area contributed by atoms with E-state index in [0.29, 0.717) is 21.0 Å². The zero-order valence-corrected chi connectivity index (χ0v) is 13.9. The summed E-state index contributed by atoms with van der Waals surface area (Å²) in [5, 5.41) is 33.7. The first kappa shape index (κ1) is 14.9. The van der Waals surface area contributed by atoms with Crippen molar-refractivity contribution in [3.05, 3.63) is 29.8 Å². The third kappa shape index (κ3) is 1.85. The molecule has 0 amide bonds. The highest BCUT2D eigenvalue weighted by atomic mass is 16.5. The number of methoxy groups -OCH3 is 1. The molecule has 0 saturated carbocycles. The van der Waals surface area contributed by atoms with Crippen molar-refractivity contribution in [2.75, 3.05) is 27.7 Å². The lowest BCUT2D eigenvalue weighted by molar-refractivity contribution is 0.373. The molecule has 0 saturated heterocycles. The number of benzene rings is 3. The van der Waals surface area contributed by atoms with Gasteiger partial charge in [0, 0.05) is 17.9 Å². The summed E-state index contributed by atoms with van der Waals surface area (Å²) in [4.78, 5) is 0. The number of fused-ring (bicyclic) bond motifs is 2. The normalized spacial score (nSPS) is 15.8. The van der Waals surface area contributed by atoms with E-state index < -0.39 is 0 Å². The molecule has 4 rings (SSSR count). The van der Waals surface area contributed by atoms with Gasteiger partial charge in [0.15, 0.2) is 23.0 Å². The first-order valence-electron chi connectivity index (χ1n) is 7.88. The average molecular weight is 326 g/mol. The van der Waals surface area contributed by atoms with Gasteiger partial charge in [-0.25, -0.2) is 0 Å². The predicted molar refractivity (Wildman–Crippen MR) is 95.2 cm³/mol. The van der Waals surface area contributed by atoms with Crippen LogP contribution in [0.2, 0.25) is 0 Å².